The minimum atomic E-state index is -0.721. The summed E-state index contributed by atoms with van der Waals surface area (Å²) in [6.07, 6.45) is 0. The number of halogens is 1. The highest BCUT2D eigenvalue weighted by atomic mass is 35.5. The Hall–Kier alpha value is -5.04. The molecule has 3 aromatic rings. The summed E-state index contributed by atoms with van der Waals surface area (Å²) in [5, 5.41) is 0.528. The lowest BCUT2D eigenvalue weighted by molar-refractivity contribution is -0.148. The van der Waals surface area contributed by atoms with Gasteiger partial charge in [0.1, 0.15) is 12.4 Å². The van der Waals surface area contributed by atoms with Gasteiger partial charge < -0.3 is 47.7 Å². The number of hydrogen-bond acceptors (Lipinski definition) is 11. The second-order valence-electron chi connectivity index (χ2n) is 10.2. The number of methoxy groups -OCH3 is 6. The van der Waals surface area contributed by atoms with Gasteiger partial charge in [-0.3, -0.25) is 9.59 Å². The van der Waals surface area contributed by atoms with Crippen LogP contribution in [0.15, 0.2) is 48.5 Å². The standard InChI is InChI=1S/C33H37ClN2O11/c1-40-25-13-20(14-26(41-2)30(25)44-5)32(38)35-11-12-36(33(39)21-15-27(42-3)31(45-6)28(16-21)43-4)23(17-35)18-47-29(37)19-46-24-9-7-22(34)8-10-24/h7-10,13-16,23H,11-12,17-19H2,1-6H3. The highest BCUT2D eigenvalue weighted by molar-refractivity contribution is 6.30. The molecule has 13 nitrogen and oxygen atoms in total. The van der Waals surface area contributed by atoms with Crippen LogP contribution >= 0.6 is 11.6 Å². The van der Waals surface area contributed by atoms with Crippen molar-refractivity contribution < 1.29 is 52.3 Å². The summed E-state index contributed by atoms with van der Waals surface area (Å²) < 4.78 is 43.6. The van der Waals surface area contributed by atoms with Crippen molar-refractivity contribution in [2.75, 3.05) is 75.5 Å². The van der Waals surface area contributed by atoms with E-state index in [1.807, 2.05) is 0 Å². The van der Waals surface area contributed by atoms with Crippen molar-refractivity contribution in [1.82, 2.24) is 9.80 Å². The van der Waals surface area contributed by atoms with E-state index in [1.54, 1.807) is 58.3 Å². The molecule has 0 N–H and O–H groups in total. The van der Waals surface area contributed by atoms with Crippen molar-refractivity contribution in [2.45, 2.75) is 6.04 Å². The molecule has 252 valence electrons. The van der Waals surface area contributed by atoms with Crippen LogP contribution < -0.4 is 33.2 Å². The number of nitrogens with zero attached hydrogens (tertiary/aromatic N) is 2. The first-order chi connectivity index (χ1) is 22.7. The number of piperazine rings is 1. The molecule has 1 atom stereocenters. The third-order valence-electron chi connectivity index (χ3n) is 7.46. The van der Waals surface area contributed by atoms with Crippen molar-refractivity contribution in [1.29, 1.82) is 0 Å². The summed E-state index contributed by atoms with van der Waals surface area (Å²) in [5.74, 6) is 0.960. The van der Waals surface area contributed by atoms with E-state index in [0.717, 1.165) is 0 Å². The molecule has 0 bridgehead atoms. The van der Waals surface area contributed by atoms with Crippen molar-refractivity contribution in [3.8, 4) is 40.2 Å². The number of hydrogen-bond donors (Lipinski definition) is 0. The largest absolute Gasteiger partial charge is 0.493 e. The van der Waals surface area contributed by atoms with Crippen LogP contribution in [0, 0.1) is 0 Å². The van der Waals surface area contributed by atoms with Gasteiger partial charge in [-0.15, -0.1) is 0 Å². The molecule has 0 aliphatic carbocycles. The topological polar surface area (TPSA) is 132 Å². The van der Waals surface area contributed by atoms with Gasteiger partial charge in [0.05, 0.1) is 48.7 Å². The number of rotatable bonds is 13. The molecule has 1 aliphatic heterocycles. The van der Waals surface area contributed by atoms with E-state index in [1.165, 1.54) is 42.7 Å². The highest BCUT2D eigenvalue weighted by Crippen LogP contribution is 2.40. The van der Waals surface area contributed by atoms with Crippen LogP contribution in [-0.2, 0) is 9.53 Å². The molecular weight excluding hydrogens is 636 g/mol. The maximum absolute atomic E-state index is 14.0. The molecular formula is C33H37ClN2O11. The molecule has 3 aromatic carbocycles. The SMILES string of the molecule is COc1cc(C(=O)N2CCN(C(=O)c3cc(OC)c(OC)c(OC)c3)C(COC(=O)COc3ccc(Cl)cc3)C2)cc(OC)c1OC. The Kier molecular flexibility index (Phi) is 11.8. The van der Waals surface area contributed by atoms with Crippen LogP contribution in [0.4, 0.5) is 0 Å². The first-order valence-electron chi connectivity index (χ1n) is 14.4. The zero-order chi connectivity index (χ0) is 34.1. The van der Waals surface area contributed by atoms with Gasteiger partial charge in [-0.2, -0.15) is 0 Å². The Balaban J connectivity index is 1.58. The van der Waals surface area contributed by atoms with Gasteiger partial charge in [0, 0.05) is 35.8 Å². The van der Waals surface area contributed by atoms with Crippen molar-refractivity contribution in [3.05, 3.63) is 64.7 Å². The van der Waals surface area contributed by atoms with Crippen LogP contribution in [0.25, 0.3) is 0 Å². The molecule has 0 spiro atoms. The molecule has 1 unspecified atom stereocenters. The molecule has 1 aliphatic rings. The Labute approximate surface area is 277 Å². The van der Waals surface area contributed by atoms with E-state index in [4.69, 9.17) is 49.5 Å². The minimum absolute atomic E-state index is 0.0526. The predicted octanol–water partition coefficient (Wildman–Crippen LogP) is 3.98. The summed E-state index contributed by atoms with van der Waals surface area (Å²) in [6, 6.07) is 12.0. The average molecular weight is 673 g/mol. The first-order valence-corrected chi connectivity index (χ1v) is 14.8. The number of ether oxygens (including phenoxy) is 8. The zero-order valence-corrected chi connectivity index (χ0v) is 27.8. The third kappa shape index (κ3) is 8.04. The van der Waals surface area contributed by atoms with Crippen LogP contribution in [0.3, 0.4) is 0 Å². The van der Waals surface area contributed by atoms with E-state index in [2.05, 4.69) is 0 Å². The summed E-state index contributed by atoms with van der Waals surface area (Å²) in [4.78, 5) is 43.6. The van der Waals surface area contributed by atoms with Crippen molar-refractivity contribution in [3.63, 3.8) is 0 Å². The number of carbonyl (C=O) groups is 3. The van der Waals surface area contributed by atoms with Gasteiger partial charge >= 0.3 is 5.97 Å². The molecule has 1 fully saturated rings. The number of amides is 2. The molecule has 0 radical (unpaired) electrons. The van der Waals surface area contributed by atoms with Gasteiger partial charge in [0.25, 0.3) is 11.8 Å². The summed E-state index contributed by atoms with van der Waals surface area (Å²) in [7, 11) is 8.76. The molecule has 14 heteroatoms. The Morgan fingerprint density at radius 2 is 1.19 bits per heavy atom. The lowest BCUT2D eigenvalue weighted by Crippen LogP contribution is -2.58. The number of benzene rings is 3. The second-order valence-corrected chi connectivity index (χ2v) is 10.6. The lowest BCUT2D eigenvalue weighted by Gasteiger charge is -2.41. The zero-order valence-electron chi connectivity index (χ0n) is 27.0. The lowest BCUT2D eigenvalue weighted by atomic mass is 10.1. The Morgan fingerprint density at radius 1 is 0.702 bits per heavy atom. The monoisotopic (exact) mass is 672 g/mol. The maximum atomic E-state index is 14.0. The number of esters is 1. The van der Waals surface area contributed by atoms with E-state index in [0.29, 0.717) is 45.3 Å². The quantitative estimate of drug-likeness (QED) is 0.244. The van der Waals surface area contributed by atoms with Crippen molar-refractivity contribution in [2.24, 2.45) is 0 Å². The maximum Gasteiger partial charge on any atom is 0.344 e. The van der Waals surface area contributed by atoms with E-state index in [9.17, 15) is 14.4 Å². The smallest absolute Gasteiger partial charge is 0.344 e. The Bertz CT molecular complexity index is 1530. The molecule has 0 aromatic heterocycles. The summed E-state index contributed by atoms with van der Waals surface area (Å²) >= 11 is 5.91. The predicted molar refractivity (Wildman–Crippen MR) is 171 cm³/mol. The Morgan fingerprint density at radius 3 is 1.66 bits per heavy atom. The normalized spacial score (nSPS) is 14.1. The summed E-state index contributed by atoms with van der Waals surface area (Å²) in [6.45, 7) is -0.205. The van der Waals surface area contributed by atoms with E-state index < -0.39 is 12.0 Å². The molecule has 2 amide bonds. The second kappa shape index (κ2) is 16.0. The first kappa shape index (κ1) is 34.8. The van der Waals surface area contributed by atoms with Gasteiger partial charge in [0.15, 0.2) is 29.6 Å². The molecule has 4 rings (SSSR count). The van der Waals surface area contributed by atoms with Gasteiger partial charge in [-0.1, -0.05) is 11.6 Å². The van der Waals surface area contributed by atoms with E-state index >= 15 is 0 Å². The average Bonchev–Trinajstić information content (AvgIpc) is 3.11. The fourth-order valence-corrected chi connectivity index (χ4v) is 5.24. The van der Waals surface area contributed by atoms with Gasteiger partial charge in [0.2, 0.25) is 11.5 Å². The fraction of sp³-hybridized carbons (Fsp3) is 0.364. The molecule has 0 saturated carbocycles. The van der Waals surface area contributed by atoms with E-state index in [-0.39, 0.29) is 55.8 Å². The summed E-state index contributed by atoms with van der Waals surface area (Å²) in [5.41, 5.74) is 0.544. The molecule has 1 heterocycles. The number of carbonyl (C=O) groups excluding carboxylic acids is 3. The van der Waals surface area contributed by atoms with Crippen LogP contribution in [0.1, 0.15) is 20.7 Å². The van der Waals surface area contributed by atoms with Gasteiger partial charge in [-0.25, -0.2) is 4.79 Å². The van der Waals surface area contributed by atoms with Crippen LogP contribution in [-0.4, -0.2) is 109 Å². The molecule has 47 heavy (non-hydrogen) atoms. The van der Waals surface area contributed by atoms with Crippen molar-refractivity contribution >= 4 is 29.4 Å². The third-order valence-corrected chi connectivity index (χ3v) is 7.71. The van der Waals surface area contributed by atoms with Crippen LogP contribution in [0.5, 0.6) is 40.2 Å². The highest BCUT2D eigenvalue weighted by Gasteiger charge is 2.35. The fourth-order valence-electron chi connectivity index (χ4n) is 5.11. The minimum Gasteiger partial charge on any atom is -0.493 e. The van der Waals surface area contributed by atoms with Crippen LogP contribution in [0.2, 0.25) is 5.02 Å². The van der Waals surface area contributed by atoms with Gasteiger partial charge in [-0.05, 0) is 48.5 Å². The molecule has 1 saturated heterocycles.